The normalized spacial score (nSPS) is 48.0. The number of aliphatic hydroxyl groups is 7. The van der Waals surface area contributed by atoms with Gasteiger partial charge in [0.25, 0.3) is 0 Å². The van der Waals surface area contributed by atoms with E-state index in [4.69, 9.17) is 60.8 Å². The molecule has 1 spiro atoms. The van der Waals surface area contributed by atoms with Crippen LogP contribution >= 0.6 is 0 Å². The highest BCUT2D eigenvalue weighted by atomic mass is 32.3. The van der Waals surface area contributed by atoms with E-state index in [0.717, 1.165) is 12.7 Å². The van der Waals surface area contributed by atoms with Gasteiger partial charge in [-0.15, -0.1) is 0 Å². The second-order valence-corrected chi connectivity index (χ2v) is 28.3. The first-order valence-electron chi connectivity index (χ1n) is 29.0. The number of aliphatic hydroxyl groups excluding tert-OH is 7. The Balaban J connectivity index is 0.899. The molecule has 5 saturated heterocycles. The largest absolute Gasteiger partial charge is 0.462 e. The Morgan fingerprint density at radius 1 is 0.729 bits per heavy atom. The van der Waals surface area contributed by atoms with E-state index in [0.29, 0.717) is 51.4 Å². The van der Waals surface area contributed by atoms with Gasteiger partial charge in [0.15, 0.2) is 25.2 Å². The van der Waals surface area contributed by atoms with Crippen LogP contribution in [0.5, 0.6) is 0 Å². The molecule has 28 nitrogen and oxygen atoms in total. The summed E-state index contributed by atoms with van der Waals surface area (Å²) >= 11 is 0. The predicted octanol–water partition coefficient (Wildman–Crippen LogP) is 0.447. The third-order valence-corrected chi connectivity index (χ3v) is 21.3. The Morgan fingerprint density at radius 3 is 2.02 bits per heavy atom. The zero-order chi connectivity index (χ0) is 62.5. The van der Waals surface area contributed by atoms with Crippen molar-refractivity contribution in [3.8, 4) is 0 Å². The highest BCUT2D eigenvalue weighted by Crippen LogP contribution is 2.77. The summed E-state index contributed by atoms with van der Waals surface area (Å²) in [7, 11) is -9.10. The van der Waals surface area contributed by atoms with Gasteiger partial charge in [-0.3, -0.25) is 18.7 Å². The van der Waals surface area contributed by atoms with Crippen molar-refractivity contribution in [1.82, 2.24) is 0 Å². The molecule has 17 unspecified atom stereocenters. The summed E-state index contributed by atoms with van der Waals surface area (Å²) in [6.45, 7) is 15.2. The fourth-order valence-corrected chi connectivity index (χ4v) is 17.2. The number of ether oxygens (including phenoxy) is 11. The lowest BCUT2D eigenvalue weighted by atomic mass is 9.41. The summed E-state index contributed by atoms with van der Waals surface area (Å²) in [5.74, 6) is -1.05. The maximum Gasteiger partial charge on any atom is 0.397 e. The molecule has 4 aliphatic carbocycles. The third-order valence-electron chi connectivity index (χ3n) is 20.4. The first-order chi connectivity index (χ1) is 39.5. The summed E-state index contributed by atoms with van der Waals surface area (Å²) in [4.78, 5) is 27.4. The van der Waals surface area contributed by atoms with E-state index in [-0.39, 0.29) is 29.1 Å². The van der Waals surface area contributed by atoms with E-state index in [9.17, 15) is 66.7 Å². The van der Waals surface area contributed by atoms with Gasteiger partial charge in [0.05, 0.1) is 43.4 Å². The van der Waals surface area contributed by atoms with Crippen LogP contribution in [-0.4, -0.2) is 229 Å². The minimum atomic E-state index is -5.19. The Hall–Kier alpha value is -2.48. The van der Waals surface area contributed by atoms with Crippen molar-refractivity contribution in [2.75, 3.05) is 26.9 Å². The Morgan fingerprint density at radius 2 is 1.38 bits per heavy atom. The van der Waals surface area contributed by atoms with Crippen LogP contribution in [0.15, 0.2) is 23.3 Å². The summed E-state index contributed by atoms with van der Waals surface area (Å²) in [6.07, 6.45) is -23.3. The Kier molecular flexibility index (Phi) is 19.4. The number of cyclic esters (lactones) is 1. The van der Waals surface area contributed by atoms with Crippen molar-refractivity contribution in [2.24, 2.45) is 39.4 Å². The molecule has 0 aromatic rings. The summed E-state index contributed by atoms with van der Waals surface area (Å²) in [5.41, 5.74) is -1.15. The molecule has 0 aromatic heterocycles. The Labute approximate surface area is 494 Å². The van der Waals surface area contributed by atoms with Crippen molar-refractivity contribution in [1.29, 1.82) is 0 Å². The SMILES string of the molecule is COC1C(O)[C@H](OC2C(O)[C@H](O[C@@H]3C(C)O[C@@H](OC4C(O)[C@H](OS(=O)(=O)O)CO[C@H]4OC4CC[C@]5(C)C6CC[C@]78C(=O)OC(C)(CCC=C(C)C)C7C(OC(C)=O)CC8(C)C6=CCC5C4(C)C)C(O)C3O)OC[C@H]2O)OC(COS(=O)(=O)O)[C@H]1O. The molecular formula is C55H86O28S2. The summed E-state index contributed by atoms with van der Waals surface area (Å²) < 4.78 is 140. The number of carbonyl (C=O) groups excluding carboxylic acids is 2. The molecule has 30 heteroatoms. The highest BCUT2D eigenvalue weighted by Gasteiger charge is 2.79. The van der Waals surface area contributed by atoms with Gasteiger partial charge in [0.1, 0.15) is 91.1 Å². The van der Waals surface area contributed by atoms with Crippen LogP contribution in [0.25, 0.3) is 0 Å². The zero-order valence-electron chi connectivity index (χ0n) is 49.3. The first-order valence-corrected chi connectivity index (χ1v) is 31.7. The maximum atomic E-state index is 14.7. The van der Waals surface area contributed by atoms with Crippen molar-refractivity contribution >= 4 is 32.7 Å². The van der Waals surface area contributed by atoms with E-state index in [1.54, 1.807) is 0 Å². The minimum absolute atomic E-state index is 0.0239. The van der Waals surface area contributed by atoms with E-state index in [2.05, 4.69) is 44.0 Å². The average molecular weight is 1260 g/mol. The third kappa shape index (κ3) is 12.4. The van der Waals surface area contributed by atoms with Gasteiger partial charge in [-0.25, -0.2) is 8.37 Å². The molecule has 9 rings (SSSR count). The molecule has 5 heterocycles. The van der Waals surface area contributed by atoms with Gasteiger partial charge < -0.3 is 87.9 Å². The summed E-state index contributed by atoms with van der Waals surface area (Å²) in [5, 5.41) is 79.1. The van der Waals surface area contributed by atoms with E-state index >= 15 is 0 Å². The number of hydrogen-bond acceptors (Lipinski definition) is 26. The van der Waals surface area contributed by atoms with Crippen LogP contribution in [0.2, 0.25) is 0 Å². The number of allylic oxidation sites excluding steroid dienone is 4. The molecule has 8 fully saturated rings. The minimum Gasteiger partial charge on any atom is -0.462 e. The number of hydrogen-bond donors (Lipinski definition) is 9. The maximum absolute atomic E-state index is 14.7. The molecule has 0 aromatic carbocycles. The number of esters is 2. The van der Waals surface area contributed by atoms with Crippen LogP contribution in [0, 0.1) is 39.4 Å². The van der Waals surface area contributed by atoms with Crippen LogP contribution < -0.4 is 0 Å². The van der Waals surface area contributed by atoms with E-state index < -0.39 is 191 Å². The smallest absolute Gasteiger partial charge is 0.397 e. The standard InChI is InChI=1S/C55H86O28S2/c1-24(2)12-11-17-54(9)45-30(76-26(4)56)20-53(8)28-13-14-33-51(5,6)34(16-18-52(33,7)27(28)15-19-55(45,53)50(64)82-54)78-49-44(36(59)32(22-73-49)83-85(68,69)70)81-47-38(61)37(60)41(25(3)75-47)79-46-39(62)42(29(57)21-72-46)80-48-40(63)43(71-10)35(58)31(77-48)23-74-84(65,66)67/h12-13,25,27,29-49,57-63H,11,14-23H2,1-10H3,(H,65,66,67)(H,68,69,70)/t25?,27?,29-,30?,31?,32-,33?,34?,35-,36?,37?,38?,39?,40?,41-,42?,43?,44?,45?,46+,47+,48+,49+,52-,53?,54?,55-/m1/s1. The van der Waals surface area contributed by atoms with Crippen LogP contribution in [0.1, 0.15) is 114 Å². The molecular weight excluding hydrogens is 1170 g/mol. The van der Waals surface area contributed by atoms with Gasteiger partial charge in [-0.1, -0.05) is 51.0 Å². The van der Waals surface area contributed by atoms with Crippen LogP contribution in [0.3, 0.4) is 0 Å². The first kappa shape index (κ1) is 66.9. The van der Waals surface area contributed by atoms with Crippen molar-refractivity contribution in [2.45, 2.75) is 242 Å². The van der Waals surface area contributed by atoms with E-state index in [1.165, 1.54) is 19.4 Å². The topological polar surface area (TPSA) is 404 Å². The zero-order valence-corrected chi connectivity index (χ0v) is 50.9. The molecule has 0 bridgehead atoms. The van der Waals surface area contributed by atoms with E-state index in [1.807, 2.05) is 20.8 Å². The van der Waals surface area contributed by atoms with Gasteiger partial charge in [-0.05, 0) is 102 Å². The highest BCUT2D eigenvalue weighted by molar-refractivity contribution is 7.81. The molecule has 5 aliphatic heterocycles. The van der Waals surface area contributed by atoms with Gasteiger partial charge in [0, 0.05) is 19.4 Å². The lowest BCUT2D eigenvalue weighted by molar-refractivity contribution is -0.382. The van der Waals surface area contributed by atoms with Crippen LogP contribution in [-0.2, 0) is 90.9 Å². The van der Waals surface area contributed by atoms with Crippen molar-refractivity contribution in [3.63, 3.8) is 0 Å². The van der Waals surface area contributed by atoms with Crippen molar-refractivity contribution in [3.05, 3.63) is 23.3 Å². The fourth-order valence-electron chi connectivity index (χ4n) is 16.4. The monoisotopic (exact) mass is 1260 g/mol. The van der Waals surface area contributed by atoms with Gasteiger partial charge >= 0.3 is 32.7 Å². The molecule has 0 radical (unpaired) electrons. The molecule has 27 atom stereocenters. The summed E-state index contributed by atoms with van der Waals surface area (Å²) in [6, 6.07) is 0. The quantitative estimate of drug-likeness (QED) is 0.0511. The predicted molar refractivity (Wildman–Crippen MR) is 286 cm³/mol. The Bertz CT molecular complexity index is 2730. The number of fused-ring (bicyclic) bond motifs is 4. The number of carbonyl (C=O) groups is 2. The molecule has 0 amide bonds. The molecule has 3 saturated carbocycles. The fraction of sp³-hybridized carbons (Fsp3) is 0.891. The average Bonchev–Trinajstić information content (AvgIpc) is 1.53. The van der Waals surface area contributed by atoms with Gasteiger partial charge in [0.2, 0.25) is 0 Å². The molecule has 486 valence electrons. The second-order valence-electron chi connectivity index (χ2n) is 26.1. The van der Waals surface area contributed by atoms with Crippen molar-refractivity contribution < 1.29 is 132 Å². The van der Waals surface area contributed by atoms with Crippen LogP contribution in [0.4, 0.5) is 0 Å². The second kappa shape index (κ2) is 24.6. The molecule has 9 N–H and O–H groups in total. The van der Waals surface area contributed by atoms with Gasteiger partial charge in [-0.2, -0.15) is 16.8 Å². The number of methoxy groups -OCH3 is 1. The number of rotatable bonds is 18. The lowest BCUT2D eigenvalue weighted by Crippen LogP contribution is -2.65. The molecule has 85 heavy (non-hydrogen) atoms. The lowest BCUT2D eigenvalue weighted by Gasteiger charge is -2.64. The molecule has 9 aliphatic rings.